The lowest BCUT2D eigenvalue weighted by Gasteiger charge is -1.94. The second kappa shape index (κ2) is 5.69. The predicted molar refractivity (Wildman–Crippen MR) is 47.7 cm³/mol. The van der Waals surface area contributed by atoms with Crippen molar-refractivity contribution < 1.29 is 14.9 Å². The minimum Gasteiger partial charge on any atom is -0.504 e. The van der Waals surface area contributed by atoms with Crippen LogP contribution in [0.3, 0.4) is 0 Å². The Kier molecular flexibility index (Phi) is 5.25. The quantitative estimate of drug-likeness (QED) is 0.616. The van der Waals surface area contributed by atoms with Gasteiger partial charge in [0.05, 0.1) is 0 Å². The summed E-state index contributed by atoms with van der Waals surface area (Å²) in [6, 6.07) is 4.10. The van der Waals surface area contributed by atoms with Gasteiger partial charge in [-0.15, -0.1) is 0 Å². The molecule has 0 spiro atoms. The van der Waals surface area contributed by atoms with Crippen LogP contribution in [-0.2, 0) is 4.74 Å². The third kappa shape index (κ3) is 4.05. The lowest BCUT2D eigenvalue weighted by molar-refractivity contribution is 0.277. The molecule has 0 aliphatic carbocycles. The van der Waals surface area contributed by atoms with Gasteiger partial charge >= 0.3 is 0 Å². The number of halogens is 1. The van der Waals surface area contributed by atoms with Crippen LogP contribution in [0.5, 0.6) is 11.5 Å². The zero-order valence-electron chi connectivity index (χ0n) is 6.91. The van der Waals surface area contributed by atoms with Crippen LogP contribution < -0.4 is 0 Å². The molecule has 0 aliphatic heterocycles. The third-order valence-electron chi connectivity index (χ3n) is 0.937. The molecule has 3 nitrogen and oxygen atoms in total. The van der Waals surface area contributed by atoms with Crippen molar-refractivity contribution in [1.82, 2.24) is 0 Å². The highest BCUT2D eigenvalue weighted by molar-refractivity contribution is 6.30. The first-order valence-electron chi connectivity index (χ1n) is 3.19. The molecule has 0 radical (unpaired) electrons. The lowest BCUT2D eigenvalue weighted by atomic mass is 10.3. The molecule has 0 aliphatic rings. The van der Waals surface area contributed by atoms with Crippen LogP contribution in [0.1, 0.15) is 0 Å². The fourth-order valence-electron chi connectivity index (χ4n) is 0.497. The number of phenols is 2. The van der Waals surface area contributed by atoms with Crippen molar-refractivity contribution in [3.63, 3.8) is 0 Å². The molecular formula is C8H11ClO3. The fraction of sp³-hybridized carbons (Fsp3) is 0.250. The maximum atomic E-state index is 8.77. The first kappa shape index (κ1) is 11.1. The molecule has 0 amide bonds. The summed E-state index contributed by atoms with van der Waals surface area (Å²) in [5, 5.41) is 17.9. The molecule has 68 valence electrons. The summed E-state index contributed by atoms with van der Waals surface area (Å²) in [4.78, 5) is 0. The van der Waals surface area contributed by atoms with Crippen molar-refractivity contribution in [3.05, 3.63) is 23.2 Å². The zero-order valence-corrected chi connectivity index (χ0v) is 7.67. The summed E-state index contributed by atoms with van der Waals surface area (Å²) < 4.78 is 4.25. The zero-order chi connectivity index (χ0) is 9.56. The summed E-state index contributed by atoms with van der Waals surface area (Å²) in [5.41, 5.74) is 0. The smallest absolute Gasteiger partial charge is 0.158 e. The van der Waals surface area contributed by atoms with Crippen LogP contribution in [0, 0.1) is 0 Å². The van der Waals surface area contributed by atoms with E-state index in [1.807, 2.05) is 0 Å². The van der Waals surface area contributed by atoms with Crippen molar-refractivity contribution in [2.24, 2.45) is 0 Å². The maximum Gasteiger partial charge on any atom is 0.158 e. The molecule has 12 heavy (non-hydrogen) atoms. The summed E-state index contributed by atoms with van der Waals surface area (Å²) in [6.45, 7) is 0. The number of hydrogen-bond acceptors (Lipinski definition) is 3. The number of rotatable bonds is 0. The average Bonchev–Trinajstić information content (AvgIpc) is 1.99. The molecule has 1 aromatic carbocycles. The largest absolute Gasteiger partial charge is 0.504 e. The summed E-state index contributed by atoms with van der Waals surface area (Å²) in [5.74, 6) is -0.345. The molecule has 0 fully saturated rings. The van der Waals surface area contributed by atoms with Gasteiger partial charge < -0.3 is 14.9 Å². The van der Waals surface area contributed by atoms with Gasteiger partial charge in [0.15, 0.2) is 11.5 Å². The van der Waals surface area contributed by atoms with Gasteiger partial charge in [-0.05, 0) is 12.1 Å². The van der Waals surface area contributed by atoms with Gasteiger partial charge in [0.2, 0.25) is 0 Å². The molecule has 1 rings (SSSR count). The van der Waals surface area contributed by atoms with Crippen LogP contribution in [-0.4, -0.2) is 24.4 Å². The van der Waals surface area contributed by atoms with Gasteiger partial charge in [0, 0.05) is 25.3 Å². The minimum absolute atomic E-state index is 0.153. The maximum absolute atomic E-state index is 8.77. The third-order valence-corrected chi connectivity index (χ3v) is 1.17. The standard InChI is InChI=1S/C6H5ClO2.C2H6O/c7-4-1-2-5(8)6(9)3-4;1-3-2/h1-3,8-9H;1-2H3. The Balaban J connectivity index is 0.000000354. The minimum atomic E-state index is -0.192. The molecule has 0 aromatic heterocycles. The second-order valence-electron chi connectivity index (χ2n) is 2.04. The van der Waals surface area contributed by atoms with E-state index in [0.717, 1.165) is 0 Å². The molecular weight excluding hydrogens is 180 g/mol. The van der Waals surface area contributed by atoms with Gasteiger partial charge in [-0.1, -0.05) is 11.6 Å². The van der Waals surface area contributed by atoms with E-state index in [0.29, 0.717) is 5.02 Å². The number of methoxy groups -OCH3 is 1. The van der Waals surface area contributed by atoms with Crippen molar-refractivity contribution in [2.45, 2.75) is 0 Å². The Labute approximate surface area is 76.2 Å². The second-order valence-corrected chi connectivity index (χ2v) is 2.48. The summed E-state index contributed by atoms with van der Waals surface area (Å²) in [6.07, 6.45) is 0. The Morgan fingerprint density at radius 3 is 2.00 bits per heavy atom. The molecule has 0 unspecified atom stereocenters. The Bertz CT molecular complexity index is 238. The normalized spacial score (nSPS) is 8.58. The van der Waals surface area contributed by atoms with Gasteiger partial charge in [-0.25, -0.2) is 0 Å². The monoisotopic (exact) mass is 190 g/mol. The topological polar surface area (TPSA) is 49.7 Å². The first-order chi connectivity index (χ1) is 5.61. The SMILES string of the molecule is COC.Oc1ccc(Cl)cc1O. The van der Waals surface area contributed by atoms with Crippen molar-refractivity contribution in [2.75, 3.05) is 14.2 Å². The first-order valence-corrected chi connectivity index (χ1v) is 3.57. The summed E-state index contributed by atoms with van der Waals surface area (Å²) >= 11 is 5.45. The fourth-order valence-corrected chi connectivity index (χ4v) is 0.663. The molecule has 4 heteroatoms. The molecule has 2 N–H and O–H groups in total. The number of ether oxygens (including phenoxy) is 1. The van der Waals surface area contributed by atoms with E-state index in [4.69, 9.17) is 21.8 Å². The van der Waals surface area contributed by atoms with Gasteiger partial charge in [-0.2, -0.15) is 0 Å². The molecule has 0 saturated carbocycles. The van der Waals surface area contributed by atoms with Crippen LogP contribution in [0.2, 0.25) is 5.02 Å². The molecule has 0 atom stereocenters. The van der Waals surface area contributed by atoms with E-state index >= 15 is 0 Å². The highest BCUT2D eigenvalue weighted by atomic mass is 35.5. The van der Waals surface area contributed by atoms with E-state index in [9.17, 15) is 0 Å². The molecule has 0 bridgehead atoms. The van der Waals surface area contributed by atoms with E-state index in [1.54, 1.807) is 14.2 Å². The highest BCUT2D eigenvalue weighted by Crippen LogP contribution is 2.26. The van der Waals surface area contributed by atoms with Gasteiger partial charge in [0.1, 0.15) is 0 Å². The summed E-state index contributed by atoms with van der Waals surface area (Å²) in [7, 11) is 3.25. The van der Waals surface area contributed by atoms with E-state index in [-0.39, 0.29) is 11.5 Å². The number of phenolic OH excluding ortho intramolecular Hbond substituents is 2. The highest BCUT2D eigenvalue weighted by Gasteiger charge is 1.96. The Morgan fingerprint density at radius 2 is 1.67 bits per heavy atom. The van der Waals surface area contributed by atoms with E-state index < -0.39 is 0 Å². The van der Waals surface area contributed by atoms with Crippen LogP contribution in [0.25, 0.3) is 0 Å². The van der Waals surface area contributed by atoms with Crippen molar-refractivity contribution in [3.8, 4) is 11.5 Å². The Hall–Kier alpha value is -0.930. The number of aromatic hydroxyl groups is 2. The molecule has 0 saturated heterocycles. The molecule has 0 heterocycles. The lowest BCUT2D eigenvalue weighted by Crippen LogP contribution is -1.66. The molecule has 1 aromatic rings. The number of benzene rings is 1. The van der Waals surface area contributed by atoms with Crippen LogP contribution in [0.15, 0.2) is 18.2 Å². The number of hydrogen-bond donors (Lipinski definition) is 2. The predicted octanol–water partition coefficient (Wildman–Crippen LogP) is 2.01. The van der Waals surface area contributed by atoms with Crippen LogP contribution >= 0.6 is 11.6 Å². The van der Waals surface area contributed by atoms with E-state index in [1.165, 1.54) is 18.2 Å². The van der Waals surface area contributed by atoms with Crippen LogP contribution in [0.4, 0.5) is 0 Å². The Morgan fingerprint density at radius 1 is 1.17 bits per heavy atom. The van der Waals surface area contributed by atoms with Crippen molar-refractivity contribution in [1.29, 1.82) is 0 Å². The average molecular weight is 191 g/mol. The van der Waals surface area contributed by atoms with Gasteiger partial charge in [0.25, 0.3) is 0 Å². The van der Waals surface area contributed by atoms with E-state index in [2.05, 4.69) is 4.74 Å². The van der Waals surface area contributed by atoms with Gasteiger partial charge in [-0.3, -0.25) is 0 Å². The van der Waals surface area contributed by atoms with Crippen molar-refractivity contribution >= 4 is 11.6 Å².